The molecule has 30 heavy (non-hydrogen) atoms. The van der Waals surface area contributed by atoms with Gasteiger partial charge in [0.05, 0.1) is 29.7 Å². The molecule has 0 saturated carbocycles. The van der Waals surface area contributed by atoms with Gasteiger partial charge in [-0.25, -0.2) is 18.7 Å². The second-order valence-corrected chi connectivity index (χ2v) is 6.79. The van der Waals surface area contributed by atoms with Crippen LogP contribution in [0.4, 0.5) is 20.4 Å². The number of nitrogens with one attached hydrogen (secondary N) is 2. The van der Waals surface area contributed by atoms with Crippen LogP contribution >= 0.6 is 0 Å². The molecule has 0 radical (unpaired) electrons. The van der Waals surface area contributed by atoms with Gasteiger partial charge in [-0.15, -0.1) is 0 Å². The second kappa shape index (κ2) is 8.39. The smallest absolute Gasteiger partial charge is 0.296 e. The van der Waals surface area contributed by atoms with E-state index in [-0.39, 0.29) is 17.7 Å². The first kappa shape index (κ1) is 19.7. The summed E-state index contributed by atoms with van der Waals surface area (Å²) in [5.74, 6) is -2.49. The number of pyridine rings is 1. The zero-order valence-electron chi connectivity index (χ0n) is 15.8. The lowest BCUT2D eigenvalue weighted by atomic mass is 10.0. The third kappa shape index (κ3) is 4.34. The minimum absolute atomic E-state index is 0.135. The highest BCUT2D eigenvalue weighted by Crippen LogP contribution is 2.31. The minimum atomic E-state index is -3.00. The Bertz CT molecular complexity index is 1070. The summed E-state index contributed by atoms with van der Waals surface area (Å²) < 4.78 is 33.6. The maximum atomic E-state index is 14.1. The lowest BCUT2D eigenvalue weighted by Crippen LogP contribution is -2.52. The number of aromatic nitrogens is 3. The van der Waals surface area contributed by atoms with E-state index in [0.717, 1.165) is 5.69 Å². The van der Waals surface area contributed by atoms with Crippen LogP contribution in [0.25, 0.3) is 11.3 Å². The zero-order chi connectivity index (χ0) is 21.0. The quantitative estimate of drug-likeness (QED) is 0.667. The monoisotopic (exact) mass is 408 g/mol. The predicted octanol–water partition coefficient (Wildman–Crippen LogP) is 3.53. The van der Waals surface area contributed by atoms with Crippen LogP contribution in [0.5, 0.6) is 5.75 Å². The maximum absolute atomic E-state index is 14.1. The number of nitriles is 1. The summed E-state index contributed by atoms with van der Waals surface area (Å²) >= 11 is 0. The molecule has 0 bridgehead atoms. The number of piperidine rings is 1. The third-order valence-corrected chi connectivity index (χ3v) is 4.65. The van der Waals surface area contributed by atoms with Gasteiger partial charge in [0.1, 0.15) is 11.8 Å². The molecular weight excluding hydrogens is 390 g/mol. The maximum Gasteiger partial charge on any atom is 0.296 e. The van der Waals surface area contributed by atoms with E-state index in [9.17, 15) is 14.0 Å². The lowest BCUT2D eigenvalue weighted by molar-refractivity contribution is -0.109. The molecule has 1 aliphatic heterocycles. The van der Waals surface area contributed by atoms with Crippen molar-refractivity contribution in [2.75, 3.05) is 18.4 Å². The van der Waals surface area contributed by atoms with Crippen molar-refractivity contribution < 1.29 is 13.5 Å². The molecule has 1 saturated heterocycles. The molecule has 0 amide bonds. The van der Waals surface area contributed by atoms with E-state index in [4.69, 9.17) is 4.74 Å². The fourth-order valence-corrected chi connectivity index (χ4v) is 3.14. The third-order valence-electron chi connectivity index (χ3n) is 4.65. The Hall–Kier alpha value is -3.64. The van der Waals surface area contributed by atoms with Gasteiger partial charge in [-0.05, 0) is 42.9 Å². The molecule has 2 N–H and O–H groups in total. The van der Waals surface area contributed by atoms with Gasteiger partial charge in [-0.2, -0.15) is 5.26 Å². The summed E-state index contributed by atoms with van der Waals surface area (Å²) in [4.78, 5) is 12.7. The number of rotatable bonds is 5. The first-order valence-electron chi connectivity index (χ1n) is 9.35. The van der Waals surface area contributed by atoms with Gasteiger partial charge >= 0.3 is 0 Å². The molecule has 1 aliphatic rings. The zero-order valence-corrected chi connectivity index (χ0v) is 15.8. The number of nitrogens with zero attached hydrogens (tertiary/aromatic N) is 4. The molecule has 1 atom stereocenters. The Morgan fingerprint density at radius 3 is 2.90 bits per heavy atom. The van der Waals surface area contributed by atoms with Crippen LogP contribution in [-0.2, 0) is 0 Å². The first-order valence-corrected chi connectivity index (χ1v) is 9.35. The van der Waals surface area contributed by atoms with E-state index < -0.39 is 18.6 Å². The summed E-state index contributed by atoms with van der Waals surface area (Å²) in [7, 11) is 0. The fourth-order valence-electron chi connectivity index (χ4n) is 3.14. The van der Waals surface area contributed by atoms with Crippen LogP contribution in [0.1, 0.15) is 12.0 Å². The van der Waals surface area contributed by atoms with Crippen LogP contribution < -0.4 is 15.4 Å². The van der Waals surface area contributed by atoms with Crippen molar-refractivity contribution in [2.45, 2.75) is 18.4 Å². The van der Waals surface area contributed by atoms with E-state index in [1.165, 1.54) is 6.07 Å². The predicted molar refractivity (Wildman–Crippen MR) is 107 cm³/mol. The number of hydrogen-bond donors (Lipinski definition) is 2. The fraction of sp³-hybridized carbons (Fsp3) is 0.238. The van der Waals surface area contributed by atoms with Gasteiger partial charge in [0.15, 0.2) is 6.10 Å². The molecule has 0 spiro atoms. The largest absolute Gasteiger partial charge is 0.483 e. The molecule has 0 aliphatic carbocycles. The van der Waals surface area contributed by atoms with E-state index in [1.54, 1.807) is 42.9 Å². The Morgan fingerprint density at radius 2 is 2.13 bits per heavy atom. The van der Waals surface area contributed by atoms with Crippen LogP contribution in [0.2, 0.25) is 0 Å². The Labute approximate surface area is 171 Å². The van der Waals surface area contributed by atoms with Gasteiger partial charge in [0, 0.05) is 24.4 Å². The standard InChI is InChI=1S/C21H18F2N6O/c22-21(23)13-26-8-6-19(21)30-18-4-3-14(10-15(18)11-24)17-5-9-27-20(29-17)28-16-2-1-7-25-12-16/h1-5,7,9-10,12,19,26H,6,8,13H2,(H,27,28,29). The highest BCUT2D eigenvalue weighted by molar-refractivity contribution is 5.65. The van der Waals surface area contributed by atoms with E-state index in [0.29, 0.717) is 23.8 Å². The van der Waals surface area contributed by atoms with E-state index in [2.05, 4.69) is 25.6 Å². The van der Waals surface area contributed by atoms with Crippen LogP contribution in [0, 0.1) is 11.3 Å². The molecule has 4 rings (SSSR count). The number of anilines is 2. The van der Waals surface area contributed by atoms with Gasteiger partial charge in [0.25, 0.3) is 5.92 Å². The molecule has 3 aromatic rings. The van der Waals surface area contributed by atoms with Crippen molar-refractivity contribution in [2.24, 2.45) is 0 Å². The molecule has 1 unspecified atom stereocenters. The van der Waals surface area contributed by atoms with Gasteiger partial charge in [-0.1, -0.05) is 0 Å². The number of benzene rings is 1. The second-order valence-electron chi connectivity index (χ2n) is 6.79. The molecule has 3 heterocycles. The summed E-state index contributed by atoms with van der Waals surface area (Å²) in [6, 6.07) is 12.1. The highest BCUT2D eigenvalue weighted by atomic mass is 19.3. The normalized spacial score (nSPS) is 17.7. The molecule has 7 nitrogen and oxygen atoms in total. The molecule has 9 heteroatoms. The molecule has 1 aromatic carbocycles. The molecule has 1 fully saturated rings. The van der Waals surface area contributed by atoms with Crippen molar-refractivity contribution in [3.63, 3.8) is 0 Å². The van der Waals surface area contributed by atoms with Crippen LogP contribution in [-0.4, -0.2) is 40.1 Å². The van der Waals surface area contributed by atoms with Crippen molar-refractivity contribution in [3.8, 4) is 23.1 Å². The summed E-state index contributed by atoms with van der Waals surface area (Å²) in [5.41, 5.74) is 2.13. The van der Waals surface area contributed by atoms with E-state index >= 15 is 0 Å². The van der Waals surface area contributed by atoms with Crippen LogP contribution in [0.3, 0.4) is 0 Å². The summed E-state index contributed by atoms with van der Waals surface area (Å²) in [5, 5.41) is 15.2. The van der Waals surface area contributed by atoms with Crippen molar-refractivity contribution in [3.05, 3.63) is 60.6 Å². The van der Waals surface area contributed by atoms with Gasteiger partial charge in [0.2, 0.25) is 5.95 Å². The minimum Gasteiger partial charge on any atom is -0.483 e. The highest BCUT2D eigenvalue weighted by Gasteiger charge is 2.43. The molecular formula is C21H18F2N6O. The van der Waals surface area contributed by atoms with Crippen molar-refractivity contribution in [1.82, 2.24) is 20.3 Å². The topological polar surface area (TPSA) is 95.8 Å². The Morgan fingerprint density at radius 1 is 1.23 bits per heavy atom. The SMILES string of the molecule is N#Cc1cc(-c2ccnc(Nc3cccnc3)n2)ccc1OC1CCNCC1(F)F. The number of alkyl halides is 2. The lowest BCUT2D eigenvalue weighted by Gasteiger charge is -2.32. The Balaban J connectivity index is 1.57. The van der Waals surface area contributed by atoms with Crippen molar-refractivity contribution in [1.29, 1.82) is 5.26 Å². The van der Waals surface area contributed by atoms with E-state index in [1.807, 2.05) is 12.1 Å². The summed E-state index contributed by atoms with van der Waals surface area (Å²) in [6.07, 6.45) is 3.79. The molecule has 2 aromatic heterocycles. The number of hydrogen-bond acceptors (Lipinski definition) is 7. The van der Waals surface area contributed by atoms with Crippen molar-refractivity contribution >= 4 is 11.6 Å². The Kier molecular flexibility index (Phi) is 5.50. The average Bonchev–Trinajstić information content (AvgIpc) is 2.76. The van der Waals surface area contributed by atoms with Gasteiger partial charge in [-0.3, -0.25) is 4.98 Å². The van der Waals surface area contributed by atoms with Crippen LogP contribution in [0.15, 0.2) is 55.0 Å². The molecule has 152 valence electrons. The number of ether oxygens (including phenoxy) is 1. The first-order chi connectivity index (χ1) is 14.5. The average molecular weight is 408 g/mol. The number of halogens is 2. The summed E-state index contributed by atoms with van der Waals surface area (Å²) in [6.45, 7) is -0.000836. The van der Waals surface area contributed by atoms with Gasteiger partial charge < -0.3 is 15.4 Å².